The molecule has 0 unspecified atom stereocenters. The van der Waals surface area contributed by atoms with Gasteiger partial charge < -0.3 is 11.5 Å². The zero-order chi connectivity index (χ0) is 13.1. The lowest BCUT2D eigenvalue weighted by Gasteiger charge is -2.31. The first kappa shape index (κ1) is 12.8. The predicted molar refractivity (Wildman–Crippen MR) is 68.4 cm³/mol. The van der Waals surface area contributed by atoms with E-state index >= 15 is 0 Å². The van der Waals surface area contributed by atoms with Gasteiger partial charge in [0.1, 0.15) is 5.82 Å². The number of nitrogen functional groups attached to an aromatic ring is 1. The van der Waals surface area contributed by atoms with E-state index in [2.05, 4.69) is 0 Å². The van der Waals surface area contributed by atoms with Crippen molar-refractivity contribution in [1.29, 1.82) is 0 Å². The van der Waals surface area contributed by atoms with Gasteiger partial charge >= 0.3 is 0 Å². The van der Waals surface area contributed by atoms with Gasteiger partial charge in [0.2, 0.25) is 5.91 Å². The molecule has 0 spiro atoms. The maximum atomic E-state index is 13.0. The molecule has 1 saturated heterocycles. The number of carbonyl (C=O) groups excluding carboxylic acids is 1. The topological polar surface area (TPSA) is 72.4 Å². The minimum atomic E-state index is -0.303. The van der Waals surface area contributed by atoms with Gasteiger partial charge in [-0.05, 0) is 49.5 Å². The van der Waals surface area contributed by atoms with Gasteiger partial charge in [0.25, 0.3) is 0 Å². The van der Waals surface area contributed by atoms with Crippen molar-refractivity contribution in [2.45, 2.75) is 18.8 Å². The maximum Gasteiger partial charge on any atom is 0.231 e. The van der Waals surface area contributed by atoms with Crippen molar-refractivity contribution >= 4 is 11.6 Å². The summed E-state index contributed by atoms with van der Waals surface area (Å²) in [4.78, 5) is 12.9. The summed E-state index contributed by atoms with van der Waals surface area (Å²) in [5.74, 6) is -0.258. The van der Waals surface area contributed by atoms with Gasteiger partial charge in [-0.15, -0.1) is 0 Å². The molecule has 0 aromatic heterocycles. The number of nitrogens with zero attached hydrogens (tertiary/aromatic N) is 1. The normalized spacial score (nSPS) is 17.8. The summed E-state index contributed by atoms with van der Waals surface area (Å²) in [5, 5.41) is 0. The molecule has 0 aliphatic carbocycles. The van der Waals surface area contributed by atoms with Gasteiger partial charge in [0.05, 0.1) is 6.54 Å². The van der Waals surface area contributed by atoms with Crippen LogP contribution in [0.1, 0.15) is 24.3 Å². The smallest absolute Gasteiger partial charge is 0.231 e. The third kappa shape index (κ3) is 2.98. The molecule has 0 atom stereocenters. The van der Waals surface area contributed by atoms with Crippen molar-refractivity contribution < 1.29 is 9.18 Å². The number of rotatable bonds is 3. The molecule has 1 aromatic rings. The fourth-order valence-electron chi connectivity index (χ4n) is 2.54. The minimum absolute atomic E-state index is 0.297. The molecule has 1 aromatic carbocycles. The molecule has 0 saturated carbocycles. The van der Waals surface area contributed by atoms with E-state index < -0.39 is 0 Å². The zero-order valence-electron chi connectivity index (χ0n) is 10.2. The minimum Gasteiger partial charge on any atom is -0.398 e. The van der Waals surface area contributed by atoms with Gasteiger partial charge in [0, 0.05) is 5.69 Å². The van der Waals surface area contributed by atoms with Gasteiger partial charge in [-0.25, -0.2) is 4.39 Å². The molecule has 18 heavy (non-hydrogen) atoms. The first-order valence-electron chi connectivity index (χ1n) is 6.12. The maximum absolute atomic E-state index is 13.0. The summed E-state index contributed by atoms with van der Waals surface area (Å²) < 4.78 is 13.0. The molecular weight excluding hydrogens is 233 g/mol. The quantitative estimate of drug-likeness (QED) is 0.789. The Morgan fingerprint density at radius 3 is 2.61 bits per heavy atom. The highest BCUT2D eigenvalue weighted by molar-refractivity contribution is 5.75. The van der Waals surface area contributed by atoms with Crippen LogP contribution in [0, 0.1) is 5.82 Å². The summed E-state index contributed by atoms with van der Waals surface area (Å²) in [6, 6.07) is 4.58. The predicted octanol–water partition coefficient (Wildman–Crippen LogP) is 1.07. The third-order valence-electron chi connectivity index (χ3n) is 3.46. The van der Waals surface area contributed by atoms with Crippen molar-refractivity contribution in [2.24, 2.45) is 5.73 Å². The van der Waals surface area contributed by atoms with E-state index in [4.69, 9.17) is 11.5 Å². The molecule has 4 nitrogen and oxygen atoms in total. The van der Waals surface area contributed by atoms with Crippen LogP contribution in [0.5, 0.6) is 0 Å². The van der Waals surface area contributed by atoms with Crippen molar-refractivity contribution in [2.75, 3.05) is 25.4 Å². The molecule has 2 rings (SSSR count). The lowest BCUT2D eigenvalue weighted by atomic mass is 9.88. The number of nitrogens with two attached hydrogens (primary N) is 2. The van der Waals surface area contributed by atoms with Crippen LogP contribution in [-0.2, 0) is 4.79 Å². The van der Waals surface area contributed by atoms with E-state index in [9.17, 15) is 9.18 Å². The molecular formula is C13H18FN3O. The second-order valence-corrected chi connectivity index (χ2v) is 4.79. The second kappa shape index (κ2) is 5.35. The Labute approximate surface area is 106 Å². The number of likely N-dealkylation sites (tertiary alicyclic amines) is 1. The van der Waals surface area contributed by atoms with E-state index in [0.717, 1.165) is 31.5 Å². The third-order valence-corrected chi connectivity index (χ3v) is 3.46. The summed E-state index contributed by atoms with van der Waals surface area (Å²) in [6.45, 7) is 1.96. The van der Waals surface area contributed by atoms with Crippen LogP contribution in [-0.4, -0.2) is 30.4 Å². The number of hydrogen-bond acceptors (Lipinski definition) is 3. The number of amides is 1. The molecule has 98 valence electrons. The number of benzene rings is 1. The van der Waals surface area contributed by atoms with Crippen LogP contribution < -0.4 is 11.5 Å². The summed E-state index contributed by atoms with van der Waals surface area (Å²) in [6.07, 6.45) is 1.84. The van der Waals surface area contributed by atoms with E-state index in [1.807, 2.05) is 4.90 Å². The first-order valence-corrected chi connectivity index (χ1v) is 6.12. The molecule has 1 aliphatic heterocycles. The van der Waals surface area contributed by atoms with Crippen molar-refractivity contribution in [3.05, 3.63) is 29.6 Å². The molecule has 1 heterocycles. The van der Waals surface area contributed by atoms with E-state index in [0.29, 0.717) is 18.2 Å². The number of halogens is 1. The van der Waals surface area contributed by atoms with Gasteiger partial charge in [0.15, 0.2) is 0 Å². The van der Waals surface area contributed by atoms with Crippen molar-refractivity contribution in [3.8, 4) is 0 Å². The molecule has 1 amide bonds. The summed E-state index contributed by atoms with van der Waals surface area (Å²) in [5.41, 5.74) is 12.5. The molecule has 4 N–H and O–H groups in total. The van der Waals surface area contributed by atoms with Crippen LogP contribution in [0.2, 0.25) is 0 Å². The number of piperidine rings is 1. The molecule has 0 radical (unpaired) electrons. The number of primary amides is 1. The number of anilines is 1. The van der Waals surface area contributed by atoms with E-state index in [1.165, 1.54) is 12.1 Å². The summed E-state index contributed by atoms with van der Waals surface area (Å²) >= 11 is 0. The van der Waals surface area contributed by atoms with Crippen LogP contribution in [0.15, 0.2) is 18.2 Å². The lowest BCUT2D eigenvalue weighted by Crippen LogP contribution is -2.39. The SMILES string of the molecule is NC(=O)CN1CCC(c2ccc(F)cc2N)CC1. The number of carbonyl (C=O) groups is 1. The fraction of sp³-hybridized carbons (Fsp3) is 0.462. The highest BCUT2D eigenvalue weighted by atomic mass is 19.1. The first-order chi connectivity index (χ1) is 8.56. The highest BCUT2D eigenvalue weighted by Crippen LogP contribution is 2.31. The van der Waals surface area contributed by atoms with Crippen LogP contribution in [0.3, 0.4) is 0 Å². The van der Waals surface area contributed by atoms with Crippen molar-refractivity contribution in [1.82, 2.24) is 4.90 Å². The average molecular weight is 251 g/mol. The van der Waals surface area contributed by atoms with E-state index in [1.54, 1.807) is 6.07 Å². The fourth-order valence-corrected chi connectivity index (χ4v) is 2.54. The van der Waals surface area contributed by atoms with E-state index in [-0.39, 0.29) is 11.7 Å². The Morgan fingerprint density at radius 2 is 2.06 bits per heavy atom. The van der Waals surface area contributed by atoms with Crippen molar-refractivity contribution in [3.63, 3.8) is 0 Å². The molecule has 1 aliphatic rings. The standard InChI is InChI=1S/C13H18FN3O/c14-10-1-2-11(12(15)7-10)9-3-5-17(6-4-9)8-13(16)18/h1-2,7,9H,3-6,8,15H2,(H2,16,18). The Balaban J connectivity index is 1.99. The lowest BCUT2D eigenvalue weighted by molar-refractivity contribution is -0.119. The average Bonchev–Trinajstić information content (AvgIpc) is 2.30. The molecule has 0 bridgehead atoms. The highest BCUT2D eigenvalue weighted by Gasteiger charge is 2.22. The monoisotopic (exact) mass is 251 g/mol. The van der Waals surface area contributed by atoms with Gasteiger partial charge in [-0.3, -0.25) is 9.69 Å². The zero-order valence-corrected chi connectivity index (χ0v) is 10.2. The summed E-state index contributed by atoms with van der Waals surface area (Å²) in [7, 11) is 0. The largest absolute Gasteiger partial charge is 0.398 e. The second-order valence-electron chi connectivity index (χ2n) is 4.79. The molecule has 5 heteroatoms. The van der Waals surface area contributed by atoms with Crippen LogP contribution >= 0.6 is 0 Å². The Morgan fingerprint density at radius 1 is 1.39 bits per heavy atom. The molecule has 1 fully saturated rings. The number of hydrogen-bond donors (Lipinski definition) is 2. The van der Waals surface area contributed by atoms with Gasteiger partial charge in [-0.2, -0.15) is 0 Å². The Hall–Kier alpha value is -1.62. The van der Waals surface area contributed by atoms with Crippen LogP contribution in [0.25, 0.3) is 0 Å². The van der Waals surface area contributed by atoms with Gasteiger partial charge in [-0.1, -0.05) is 6.07 Å². The Bertz CT molecular complexity index is 442. The van der Waals surface area contributed by atoms with Crippen LogP contribution in [0.4, 0.5) is 10.1 Å². The Kier molecular flexibility index (Phi) is 3.81.